The van der Waals surface area contributed by atoms with Crippen LogP contribution < -0.4 is 14.8 Å². The first-order chi connectivity index (χ1) is 11.7. The van der Waals surface area contributed by atoms with Crippen LogP contribution in [0.5, 0.6) is 11.5 Å². The Kier molecular flexibility index (Phi) is 4.96. The summed E-state index contributed by atoms with van der Waals surface area (Å²) in [6, 6.07) is 12.5. The van der Waals surface area contributed by atoms with Gasteiger partial charge in [0.05, 0.1) is 19.4 Å². The second kappa shape index (κ2) is 7.31. The lowest BCUT2D eigenvalue weighted by Gasteiger charge is -2.05. The molecule has 0 spiro atoms. The lowest BCUT2D eigenvalue weighted by atomic mass is 10.1. The molecule has 0 fully saturated rings. The third-order valence-corrected chi connectivity index (χ3v) is 4.13. The first kappa shape index (κ1) is 16.3. The van der Waals surface area contributed by atoms with Crippen molar-refractivity contribution in [1.82, 2.24) is 4.98 Å². The monoisotopic (exact) mass is 344 g/mol. The van der Waals surface area contributed by atoms with Gasteiger partial charge in [0.15, 0.2) is 16.7 Å². The van der Waals surface area contributed by atoms with E-state index in [0.717, 1.165) is 22.3 Å². The van der Waals surface area contributed by atoms with E-state index in [1.807, 2.05) is 36.6 Å². The maximum atomic E-state index is 13.8. The topological polar surface area (TPSA) is 43.4 Å². The number of rotatable bonds is 6. The van der Waals surface area contributed by atoms with Gasteiger partial charge >= 0.3 is 0 Å². The summed E-state index contributed by atoms with van der Waals surface area (Å²) < 4.78 is 24.2. The number of hydrogen-bond donors (Lipinski definition) is 1. The molecule has 3 rings (SSSR count). The Morgan fingerprint density at radius 1 is 1.17 bits per heavy atom. The number of ether oxygens (including phenoxy) is 2. The van der Waals surface area contributed by atoms with Gasteiger partial charge in [-0.2, -0.15) is 0 Å². The van der Waals surface area contributed by atoms with E-state index in [-0.39, 0.29) is 5.75 Å². The maximum absolute atomic E-state index is 13.8. The summed E-state index contributed by atoms with van der Waals surface area (Å²) in [5.41, 5.74) is 2.35. The van der Waals surface area contributed by atoms with Gasteiger partial charge in [-0.05, 0) is 49.4 Å². The van der Waals surface area contributed by atoms with Crippen molar-refractivity contribution >= 4 is 22.2 Å². The average Bonchev–Trinajstić information content (AvgIpc) is 3.05. The average molecular weight is 344 g/mol. The molecule has 124 valence electrons. The second-order valence-electron chi connectivity index (χ2n) is 4.97. The van der Waals surface area contributed by atoms with E-state index >= 15 is 0 Å². The Balaban J connectivity index is 1.74. The van der Waals surface area contributed by atoms with Crippen molar-refractivity contribution in [3.63, 3.8) is 0 Å². The summed E-state index contributed by atoms with van der Waals surface area (Å²) in [5.74, 6) is 0.655. The van der Waals surface area contributed by atoms with Crippen molar-refractivity contribution in [1.29, 1.82) is 0 Å². The van der Waals surface area contributed by atoms with E-state index in [9.17, 15) is 4.39 Å². The maximum Gasteiger partial charge on any atom is 0.187 e. The van der Waals surface area contributed by atoms with Crippen LogP contribution in [-0.2, 0) is 0 Å². The molecule has 4 nitrogen and oxygen atoms in total. The number of nitrogens with one attached hydrogen (secondary N) is 1. The Morgan fingerprint density at radius 3 is 2.62 bits per heavy atom. The summed E-state index contributed by atoms with van der Waals surface area (Å²) in [7, 11) is 1.44. The van der Waals surface area contributed by atoms with Crippen LogP contribution in [0.1, 0.15) is 6.92 Å². The van der Waals surface area contributed by atoms with Gasteiger partial charge in [0, 0.05) is 16.6 Å². The second-order valence-corrected chi connectivity index (χ2v) is 5.83. The summed E-state index contributed by atoms with van der Waals surface area (Å²) in [6.07, 6.45) is 0. The molecule has 0 aliphatic carbocycles. The molecule has 0 unspecified atom stereocenters. The zero-order valence-electron chi connectivity index (χ0n) is 13.4. The summed E-state index contributed by atoms with van der Waals surface area (Å²) in [4.78, 5) is 4.50. The minimum atomic E-state index is -0.399. The first-order valence-electron chi connectivity index (χ1n) is 7.49. The third-order valence-electron chi connectivity index (χ3n) is 3.37. The molecule has 1 heterocycles. The zero-order valence-corrected chi connectivity index (χ0v) is 14.2. The van der Waals surface area contributed by atoms with E-state index < -0.39 is 5.82 Å². The molecule has 0 amide bonds. The van der Waals surface area contributed by atoms with E-state index in [0.29, 0.717) is 12.2 Å². The van der Waals surface area contributed by atoms with Crippen LogP contribution in [0.2, 0.25) is 0 Å². The minimum Gasteiger partial charge on any atom is -0.494 e. The van der Waals surface area contributed by atoms with Gasteiger partial charge in [0.1, 0.15) is 5.75 Å². The highest BCUT2D eigenvalue weighted by Gasteiger charge is 2.09. The molecule has 0 saturated heterocycles. The van der Waals surface area contributed by atoms with Crippen molar-refractivity contribution < 1.29 is 13.9 Å². The Morgan fingerprint density at radius 2 is 1.96 bits per heavy atom. The van der Waals surface area contributed by atoms with Gasteiger partial charge in [-0.25, -0.2) is 9.37 Å². The largest absolute Gasteiger partial charge is 0.494 e. The molecule has 0 radical (unpaired) electrons. The molecule has 0 bridgehead atoms. The fourth-order valence-corrected chi connectivity index (χ4v) is 2.95. The number of benzene rings is 2. The predicted molar refractivity (Wildman–Crippen MR) is 95.0 cm³/mol. The fraction of sp³-hybridized carbons (Fsp3) is 0.167. The highest BCUT2D eigenvalue weighted by molar-refractivity contribution is 7.14. The number of halogens is 1. The summed E-state index contributed by atoms with van der Waals surface area (Å²) >= 11 is 1.46. The molecule has 1 N–H and O–H groups in total. The summed E-state index contributed by atoms with van der Waals surface area (Å²) in [6.45, 7) is 2.59. The SMILES string of the molecule is CCOc1ccc(Nc2nc(-c3ccc(OC)c(F)c3)cs2)cc1. The third kappa shape index (κ3) is 3.65. The lowest BCUT2D eigenvalue weighted by molar-refractivity contribution is 0.340. The number of aromatic nitrogens is 1. The molecule has 3 aromatic rings. The van der Waals surface area contributed by atoms with Crippen LogP contribution >= 0.6 is 11.3 Å². The number of hydrogen-bond acceptors (Lipinski definition) is 5. The molecule has 0 atom stereocenters. The molecule has 6 heteroatoms. The smallest absolute Gasteiger partial charge is 0.187 e. The Labute approximate surface area is 143 Å². The van der Waals surface area contributed by atoms with E-state index in [4.69, 9.17) is 9.47 Å². The first-order valence-corrected chi connectivity index (χ1v) is 8.37. The Hall–Kier alpha value is -2.60. The highest BCUT2D eigenvalue weighted by atomic mass is 32.1. The number of thiazole rings is 1. The van der Waals surface area contributed by atoms with Crippen LogP contribution in [0.4, 0.5) is 15.2 Å². The number of nitrogens with zero attached hydrogens (tertiary/aromatic N) is 1. The zero-order chi connectivity index (χ0) is 16.9. The van der Waals surface area contributed by atoms with Crippen LogP contribution in [0.25, 0.3) is 11.3 Å². The van der Waals surface area contributed by atoms with Crippen LogP contribution in [-0.4, -0.2) is 18.7 Å². The van der Waals surface area contributed by atoms with Gasteiger partial charge in [0.2, 0.25) is 0 Å². The van der Waals surface area contributed by atoms with Crippen molar-refractivity contribution in [2.45, 2.75) is 6.92 Å². The van der Waals surface area contributed by atoms with Crippen LogP contribution in [0.3, 0.4) is 0 Å². The molecule has 0 saturated carbocycles. The molecule has 1 aromatic heterocycles. The van der Waals surface area contributed by atoms with Gasteiger partial charge in [-0.3, -0.25) is 0 Å². The molecule has 0 aliphatic rings. The van der Waals surface area contributed by atoms with Gasteiger partial charge in [0.25, 0.3) is 0 Å². The quantitative estimate of drug-likeness (QED) is 0.675. The normalized spacial score (nSPS) is 10.5. The van der Waals surface area contributed by atoms with Crippen LogP contribution in [0, 0.1) is 5.82 Å². The van der Waals surface area contributed by atoms with E-state index in [1.165, 1.54) is 24.5 Å². The van der Waals surface area contributed by atoms with E-state index in [1.54, 1.807) is 12.1 Å². The molecule has 2 aromatic carbocycles. The van der Waals surface area contributed by atoms with Crippen molar-refractivity contribution in [3.8, 4) is 22.8 Å². The van der Waals surface area contributed by atoms with Gasteiger partial charge in [-0.15, -0.1) is 11.3 Å². The molecular weight excluding hydrogens is 327 g/mol. The van der Waals surface area contributed by atoms with Crippen molar-refractivity contribution in [2.75, 3.05) is 19.0 Å². The summed E-state index contributed by atoms with van der Waals surface area (Å²) in [5, 5.41) is 5.86. The predicted octanol–water partition coefficient (Wildman–Crippen LogP) is 5.10. The molecular formula is C18H17FN2O2S. The number of methoxy groups -OCH3 is 1. The minimum absolute atomic E-state index is 0.224. The highest BCUT2D eigenvalue weighted by Crippen LogP contribution is 2.30. The fourth-order valence-electron chi connectivity index (χ4n) is 2.21. The van der Waals surface area contributed by atoms with Gasteiger partial charge in [-0.1, -0.05) is 0 Å². The van der Waals surface area contributed by atoms with Crippen LogP contribution in [0.15, 0.2) is 47.8 Å². The number of anilines is 2. The van der Waals surface area contributed by atoms with Crippen molar-refractivity contribution in [2.24, 2.45) is 0 Å². The Bertz CT molecular complexity index is 818. The van der Waals surface area contributed by atoms with Gasteiger partial charge < -0.3 is 14.8 Å². The van der Waals surface area contributed by atoms with Crippen molar-refractivity contribution in [3.05, 3.63) is 53.7 Å². The molecule has 24 heavy (non-hydrogen) atoms. The standard InChI is InChI=1S/C18H17FN2O2S/c1-3-23-14-7-5-13(6-8-14)20-18-21-16(11-24-18)12-4-9-17(22-2)15(19)10-12/h4-11H,3H2,1-2H3,(H,20,21). The lowest BCUT2D eigenvalue weighted by Crippen LogP contribution is -1.93. The molecule has 0 aliphatic heterocycles. The van der Waals surface area contributed by atoms with E-state index in [2.05, 4.69) is 10.3 Å².